The van der Waals surface area contributed by atoms with E-state index in [1.165, 1.54) is 12.1 Å². The van der Waals surface area contributed by atoms with Gasteiger partial charge in [0.25, 0.3) is 0 Å². The predicted octanol–water partition coefficient (Wildman–Crippen LogP) is 0.767. The number of amides is 1. The van der Waals surface area contributed by atoms with Crippen molar-refractivity contribution in [1.29, 1.82) is 0 Å². The van der Waals surface area contributed by atoms with Crippen LogP contribution in [0.25, 0.3) is 0 Å². The molecule has 0 spiro atoms. The van der Waals surface area contributed by atoms with Gasteiger partial charge in [-0.25, -0.2) is 4.39 Å². The molecule has 4 nitrogen and oxygen atoms in total. The molecule has 1 aliphatic heterocycles. The molecule has 2 rings (SSSR count). The van der Waals surface area contributed by atoms with Crippen LogP contribution in [0, 0.1) is 11.7 Å². The second-order valence-corrected chi connectivity index (χ2v) is 5.23. The van der Waals surface area contributed by atoms with Gasteiger partial charge in [0.15, 0.2) is 0 Å². The maximum atomic E-state index is 13.3. The van der Waals surface area contributed by atoms with Crippen molar-refractivity contribution in [1.82, 2.24) is 4.90 Å². The van der Waals surface area contributed by atoms with Gasteiger partial charge in [-0.3, -0.25) is 9.69 Å². The number of carbonyl (C=O) groups excluding carboxylic acids is 1. The topological polar surface area (TPSA) is 72.4 Å². The lowest BCUT2D eigenvalue weighted by Crippen LogP contribution is -2.28. The van der Waals surface area contributed by atoms with Crippen LogP contribution in [0.4, 0.5) is 4.39 Å². The third-order valence-electron chi connectivity index (χ3n) is 3.40. The molecule has 1 saturated heterocycles. The average Bonchev–Trinajstić information content (AvgIpc) is 2.77. The fourth-order valence-electron chi connectivity index (χ4n) is 2.38. The molecule has 1 aromatic carbocycles. The SMILES string of the molecule is NC(=O)C1CCN(Cc2cc(F)ccc2C(N)=S)C1. The Balaban J connectivity index is 2.13. The molecule has 6 heteroatoms. The molecule has 4 N–H and O–H groups in total. The number of hydrogen-bond donors (Lipinski definition) is 2. The number of benzene rings is 1. The van der Waals surface area contributed by atoms with E-state index in [-0.39, 0.29) is 22.6 Å². The molecule has 1 unspecified atom stereocenters. The Morgan fingerprint density at radius 3 is 2.79 bits per heavy atom. The molecule has 0 bridgehead atoms. The molecule has 1 atom stereocenters. The molecule has 0 saturated carbocycles. The van der Waals surface area contributed by atoms with Gasteiger partial charge < -0.3 is 11.5 Å². The first kappa shape index (κ1) is 13.9. The van der Waals surface area contributed by atoms with Crippen molar-refractivity contribution in [2.75, 3.05) is 13.1 Å². The summed E-state index contributed by atoms with van der Waals surface area (Å²) in [7, 11) is 0. The second kappa shape index (κ2) is 5.63. The third-order valence-corrected chi connectivity index (χ3v) is 3.62. The standard InChI is InChI=1S/C13H16FN3OS/c14-10-1-2-11(13(16)19)9(5-10)7-17-4-3-8(6-17)12(15)18/h1-2,5,8H,3-4,6-7H2,(H2,15,18)(H2,16,19). The van der Waals surface area contributed by atoms with Crippen molar-refractivity contribution in [3.63, 3.8) is 0 Å². The largest absolute Gasteiger partial charge is 0.389 e. The molecule has 0 aromatic heterocycles. The molecule has 1 aliphatic rings. The van der Waals surface area contributed by atoms with E-state index in [1.807, 2.05) is 0 Å². The van der Waals surface area contributed by atoms with Crippen LogP contribution in [-0.4, -0.2) is 28.9 Å². The van der Waals surface area contributed by atoms with Crippen LogP contribution in [0.1, 0.15) is 17.5 Å². The number of carbonyl (C=O) groups is 1. The number of nitrogens with zero attached hydrogens (tertiary/aromatic N) is 1. The van der Waals surface area contributed by atoms with E-state index >= 15 is 0 Å². The summed E-state index contributed by atoms with van der Waals surface area (Å²) in [4.78, 5) is 13.4. The molecule has 1 fully saturated rings. The maximum absolute atomic E-state index is 13.3. The van der Waals surface area contributed by atoms with Crippen LogP contribution in [0.15, 0.2) is 18.2 Å². The summed E-state index contributed by atoms with van der Waals surface area (Å²) in [6.07, 6.45) is 0.743. The van der Waals surface area contributed by atoms with Gasteiger partial charge in [0.2, 0.25) is 5.91 Å². The van der Waals surface area contributed by atoms with Crippen LogP contribution < -0.4 is 11.5 Å². The van der Waals surface area contributed by atoms with Crippen LogP contribution >= 0.6 is 12.2 Å². The quantitative estimate of drug-likeness (QED) is 0.800. The van der Waals surface area contributed by atoms with Gasteiger partial charge in [0.05, 0.1) is 5.92 Å². The minimum Gasteiger partial charge on any atom is -0.389 e. The number of primary amides is 1. The van der Waals surface area contributed by atoms with Crippen molar-refractivity contribution in [3.05, 3.63) is 35.1 Å². The summed E-state index contributed by atoms with van der Waals surface area (Å²) < 4.78 is 13.3. The third kappa shape index (κ3) is 3.27. The fraction of sp³-hybridized carbons (Fsp3) is 0.385. The maximum Gasteiger partial charge on any atom is 0.221 e. The number of nitrogens with two attached hydrogens (primary N) is 2. The number of hydrogen-bond acceptors (Lipinski definition) is 3. The van der Waals surface area contributed by atoms with Crippen LogP contribution in [0.3, 0.4) is 0 Å². The molecule has 1 amide bonds. The molecule has 0 aliphatic carbocycles. The summed E-state index contributed by atoms with van der Waals surface area (Å²) in [5.74, 6) is -0.723. The first-order valence-corrected chi connectivity index (χ1v) is 6.48. The van der Waals surface area contributed by atoms with Gasteiger partial charge in [0.1, 0.15) is 10.8 Å². The lowest BCUT2D eigenvalue weighted by Gasteiger charge is -2.17. The van der Waals surface area contributed by atoms with E-state index < -0.39 is 0 Å². The van der Waals surface area contributed by atoms with Gasteiger partial charge >= 0.3 is 0 Å². The first-order chi connectivity index (χ1) is 8.97. The Labute approximate surface area is 116 Å². The van der Waals surface area contributed by atoms with Gasteiger partial charge in [-0.05, 0) is 36.7 Å². The lowest BCUT2D eigenvalue weighted by atomic mass is 10.1. The summed E-state index contributed by atoms with van der Waals surface area (Å²) in [5.41, 5.74) is 12.3. The zero-order valence-electron chi connectivity index (χ0n) is 10.4. The van der Waals surface area contributed by atoms with E-state index in [4.69, 9.17) is 23.7 Å². The summed E-state index contributed by atoms with van der Waals surface area (Å²) in [6, 6.07) is 4.37. The van der Waals surface area contributed by atoms with Crippen molar-refractivity contribution in [3.8, 4) is 0 Å². The molecule has 1 aromatic rings. The normalized spacial score (nSPS) is 19.5. The van der Waals surface area contributed by atoms with Crippen molar-refractivity contribution < 1.29 is 9.18 Å². The number of rotatable bonds is 4. The second-order valence-electron chi connectivity index (χ2n) is 4.79. The fourth-order valence-corrected chi connectivity index (χ4v) is 2.58. The van der Waals surface area contributed by atoms with Crippen LogP contribution in [0.5, 0.6) is 0 Å². The highest BCUT2D eigenvalue weighted by Gasteiger charge is 2.27. The molecule has 1 heterocycles. The van der Waals surface area contributed by atoms with Crippen molar-refractivity contribution in [2.45, 2.75) is 13.0 Å². The lowest BCUT2D eigenvalue weighted by molar-refractivity contribution is -0.121. The molecule has 0 radical (unpaired) electrons. The predicted molar refractivity (Wildman–Crippen MR) is 74.9 cm³/mol. The smallest absolute Gasteiger partial charge is 0.221 e. The van der Waals surface area contributed by atoms with Crippen LogP contribution in [-0.2, 0) is 11.3 Å². The average molecular weight is 281 g/mol. The highest BCUT2D eigenvalue weighted by atomic mass is 32.1. The van der Waals surface area contributed by atoms with Crippen molar-refractivity contribution >= 4 is 23.1 Å². The van der Waals surface area contributed by atoms with E-state index in [0.29, 0.717) is 18.7 Å². The monoisotopic (exact) mass is 281 g/mol. The Hall–Kier alpha value is -1.53. The Morgan fingerprint density at radius 2 is 2.21 bits per heavy atom. The zero-order valence-corrected chi connectivity index (χ0v) is 11.3. The minimum atomic E-state index is -0.319. The molecular weight excluding hydrogens is 265 g/mol. The Kier molecular flexibility index (Phi) is 4.11. The van der Waals surface area contributed by atoms with Gasteiger partial charge in [-0.2, -0.15) is 0 Å². The van der Waals surface area contributed by atoms with E-state index in [1.54, 1.807) is 6.07 Å². The Bertz CT molecular complexity index is 521. The summed E-state index contributed by atoms with van der Waals surface area (Å²) in [5, 5.41) is 0. The highest BCUT2D eigenvalue weighted by Crippen LogP contribution is 2.20. The number of likely N-dealkylation sites (tertiary alicyclic amines) is 1. The highest BCUT2D eigenvalue weighted by molar-refractivity contribution is 7.80. The van der Waals surface area contributed by atoms with E-state index in [9.17, 15) is 9.18 Å². The first-order valence-electron chi connectivity index (χ1n) is 6.07. The van der Waals surface area contributed by atoms with E-state index in [0.717, 1.165) is 18.5 Å². The Morgan fingerprint density at radius 1 is 1.47 bits per heavy atom. The molecular formula is C13H16FN3OS. The van der Waals surface area contributed by atoms with Gasteiger partial charge in [-0.15, -0.1) is 0 Å². The number of halogens is 1. The zero-order chi connectivity index (χ0) is 14.0. The van der Waals surface area contributed by atoms with E-state index in [2.05, 4.69) is 4.90 Å². The van der Waals surface area contributed by atoms with Crippen molar-refractivity contribution in [2.24, 2.45) is 17.4 Å². The summed E-state index contributed by atoms with van der Waals surface area (Å²) in [6.45, 7) is 1.89. The molecule has 102 valence electrons. The van der Waals surface area contributed by atoms with Gasteiger partial charge in [-0.1, -0.05) is 12.2 Å². The van der Waals surface area contributed by atoms with Gasteiger partial charge in [0, 0.05) is 18.7 Å². The van der Waals surface area contributed by atoms with Crippen LogP contribution in [0.2, 0.25) is 0 Å². The number of thiocarbonyl (C=S) groups is 1. The summed E-state index contributed by atoms with van der Waals surface area (Å²) >= 11 is 4.96. The molecule has 19 heavy (non-hydrogen) atoms. The minimum absolute atomic E-state index is 0.123.